The molecule has 1 amide bonds. The summed E-state index contributed by atoms with van der Waals surface area (Å²) >= 11 is 0. The Kier molecular flexibility index (Phi) is 2.67. The van der Waals surface area contributed by atoms with Crippen molar-refractivity contribution in [1.82, 2.24) is 0 Å². The number of fused-ring (bicyclic) bond motifs is 1. The summed E-state index contributed by atoms with van der Waals surface area (Å²) < 4.78 is 31.7. The van der Waals surface area contributed by atoms with Crippen LogP contribution in [0.3, 0.4) is 0 Å². The Labute approximate surface area is 107 Å². The average Bonchev–Trinajstić information content (AvgIpc) is 2.41. The van der Waals surface area contributed by atoms with Crippen LogP contribution in [-0.4, -0.2) is 5.91 Å². The van der Waals surface area contributed by atoms with Gasteiger partial charge in [-0.05, 0) is 0 Å². The van der Waals surface area contributed by atoms with Gasteiger partial charge >= 0.3 is 0 Å². The van der Waals surface area contributed by atoms with E-state index in [0.717, 1.165) is 12.1 Å². The van der Waals surface area contributed by atoms with Gasteiger partial charge in [-0.1, -0.05) is 30.3 Å². The minimum absolute atomic E-state index is 0.118. The highest BCUT2D eigenvalue weighted by Gasteiger charge is 2.30. The van der Waals surface area contributed by atoms with Crippen molar-refractivity contribution in [2.45, 2.75) is 6.10 Å². The predicted octanol–water partition coefficient (Wildman–Crippen LogP) is 3.04. The molecule has 19 heavy (non-hydrogen) atoms. The molecule has 0 saturated heterocycles. The summed E-state index contributed by atoms with van der Waals surface area (Å²) in [5, 5.41) is 2.51. The third-order valence-electron chi connectivity index (χ3n) is 2.87. The lowest BCUT2D eigenvalue weighted by Gasteiger charge is -2.26. The molecule has 0 aliphatic carbocycles. The summed E-state index contributed by atoms with van der Waals surface area (Å²) in [6.07, 6.45) is -0.862. The molecule has 2 aromatic rings. The van der Waals surface area contributed by atoms with Crippen LogP contribution in [0.2, 0.25) is 0 Å². The molecule has 0 spiro atoms. The Bertz CT molecular complexity index is 643. The second-order valence-corrected chi connectivity index (χ2v) is 4.16. The molecule has 1 aliphatic rings. The Hall–Kier alpha value is -2.43. The fourth-order valence-corrected chi connectivity index (χ4v) is 1.95. The van der Waals surface area contributed by atoms with Crippen LogP contribution in [0.15, 0.2) is 42.5 Å². The number of amides is 1. The lowest BCUT2D eigenvalue weighted by molar-refractivity contribution is -0.123. The summed E-state index contributed by atoms with van der Waals surface area (Å²) in [5.41, 5.74) is 0.784. The summed E-state index contributed by atoms with van der Waals surface area (Å²) in [6.45, 7) is 0. The normalized spacial score (nSPS) is 17.4. The Balaban J connectivity index is 2.00. The van der Waals surface area contributed by atoms with Crippen LogP contribution in [0.4, 0.5) is 14.5 Å². The molecule has 1 N–H and O–H groups in total. The number of nitrogens with one attached hydrogen (secondary N) is 1. The number of hydrogen-bond acceptors (Lipinski definition) is 2. The molecule has 2 aromatic carbocycles. The van der Waals surface area contributed by atoms with Crippen LogP contribution < -0.4 is 10.1 Å². The van der Waals surface area contributed by atoms with Gasteiger partial charge in [0.05, 0.1) is 5.69 Å². The highest BCUT2D eigenvalue weighted by Crippen LogP contribution is 2.36. The highest BCUT2D eigenvalue weighted by molar-refractivity contribution is 5.98. The smallest absolute Gasteiger partial charge is 0.270 e. The van der Waals surface area contributed by atoms with E-state index in [1.165, 1.54) is 0 Å². The maximum Gasteiger partial charge on any atom is 0.270 e. The first kappa shape index (κ1) is 11.6. The third kappa shape index (κ3) is 2.03. The van der Waals surface area contributed by atoms with Gasteiger partial charge in [0.25, 0.3) is 5.91 Å². The number of anilines is 1. The molecule has 1 aliphatic heterocycles. The van der Waals surface area contributed by atoms with E-state index >= 15 is 0 Å². The standard InChI is InChI=1S/C14H9F2NO2/c15-9-6-11-12(7-10(9)16)19-13(14(18)17-11)8-4-2-1-3-5-8/h1-7,13H,(H,17,18). The topological polar surface area (TPSA) is 38.3 Å². The van der Waals surface area contributed by atoms with Gasteiger partial charge in [0.2, 0.25) is 6.10 Å². The maximum atomic E-state index is 13.2. The van der Waals surface area contributed by atoms with Crippen LogP contribution in [0.1, 0.15) is 11.7 Å². The lowest BCUT2D eigenvalue weighted by Crippen LogP contribution is -2.30. The molecule has 1 unspecified atom stereocenters. The minimum Gasteiger partial charge on any atom is -0.474 e. The second-order valence-electron chi connectivity index (χ2n) is 4.16. The van der Waals surface area contributed by atoms with Crippen molar-refractivity contribution in [3.8, 4) is 5.75 Å². The van der Waals surface area contributed by atoms with E-state index in [-0.39, 0.29) is 11.4 Å². The summed E-state index contributed by atoms with van der Waals surface area (Å²) in [4.78, 5) is 11.9. The lowest BCUT2D eigenvalue weighted by atomic mass is 10.1. The van der Waals surface area contributed by atoms with E-state index in [2.05, 4.69) is 5.32 Å². The molecule has 0 bridgehead atoms. The fraction of sp³-hybridized carbons (Fsp3) is 0.0714. The third-order valence-corrected chi connectivity index (χ3v) is 2.87. The van der Waals surface area contributed by atoms with Crippen molar-refractivity contribution in [1.29, 1.82) is 0 Å². The number of hydrogen-bond donors (Lipinski definition) is 1. The summed E-state index contributed by atoms with van der Waals surface area (Å²) in [7, 11) is 0. The first-order valence-corrected chi connectivity index (χ1v) is 5.66. The summed E-state index contributed by atoms with van der Waals surface area (Å²) in [5.74, 6) is -2.33. The SMILES string of the molecule is O=C1Nc2cc(F)c(F)cc2OC1c1ccccc1. The van der Waals surface area contributed by atoms with Crippen LogP contribution in [-0.2, 0) is 4.79 Å². The van der Waals surface area contributed by atoms with Crippen molar-refractivity contribution < 1.29 is 18.3 Å². The van der Waals surface area contributed by atoms with Crippen LogP contribution >= 0.6 is 0 Å². The zero-order valence-electron chi connectivity index (χ0n) is 9.69. The highest BCUT2D eigenvalue weighted by atomic mass is 19.2. The maximum absolute atomic E-state index is 13.2. The molecule has 0 radical (unpaired) electrons. The Morgan fingerprint density at radius 1 is 1.05 bits per heavy atom. The van der Waals surface area contributed by atoms with Crippen LogP contribution in [0.25, 0.3) is 0 Å². The summed E-state index contributed by atoms with van der Waals surface area (Å²) in [6, 6.07) is 10.7. The molecule has 3 nitrogen and oxygen atoms in total. The van der Waals surface area contributed by atoms with Gasteiger partial charge in [-0.15, -0.1) is 0 Å². The van der Waals surface area contributed by atoms with E-state index in [4.69, 9.17) is 4.74 Å². The minimum atomic E-state index is -1.03. The number of halogens is 2. The number of benzene rings is 2. The van der Waals surface area contributed by atoms with E-state index in [1.54, 1.807) is 24.3 Å². The molecular formula is C14H9F2NO2. The Morgan fingerprint density at radius 2 is 1.74 bits per heavy atom. The zero-order valence-corrected chi connectivity index (χ0v) is 9.69. The monoisotopic (exact) mass is 261 g/mol. The first-order valence-electron chi connectivity index (χ1n) is 5.66. The van der Waals surface area contributed by atoms with Crippen molar-refractivity contribution in [3.05, 3.63) is 59.7 Å². The number of carbonyl (C=O) groups excluding carboxylic acids is 1. The molecule has 1 heterocycles. The van der Waals surface area contributed by atoms with E-state index < -0.39 is 23.6 Å². The van der Waals surface area contributed by atoms with Gasteiger partial charge in [0.1, 0.15) is 5.75 Å². The molecule has 3 rings (SSSR count). The molecule has 0 fully saturated rings. The van der Waals surface area contributed by atoms with Gasteiger partial charge < -0.3 is 10.1 Å². The quantitative estimate of drug-likeness (QED) is 0.856. The second kappa shape index (κ2) is 4.35. The fourth-order valence-electron chi connectivity index (χ4n) is 1.95. The van der Waals surface area contributed by atoms with Gasteiger partial charge in [0, 0.05) is 17.7 Å². The average molecular weight is 261 g/mol. The van der Waals surface area contributed by atoms with Crippen LogP contribution in [0, 0.1) is 11.6 Å². The first-order chi connectivity index (χ1) is 9.15. The zero-order chi connectivity index (χ0) is 13.4. The molecule has 5 heteroatoms. The molecule has 0 saturated carbocycles. The van der Waals surface area contributed by atoms with E-state index in [9.17, 15) is 13.6 Å². The van der Waals surface area contributed by atoms with Crippen molar-refractivity contribution in [2.24, 2.45) is 0 Å². The van der Waals surface area contributed by atoms with E-state index in [1.807, 2.05) is 6.07 Å². The van der Waals surface area contributed by atoms with Gasteiger partial charge in [-0.2, -0.15) is 0 Å². The Morgan fingerprint density at radius 3 is 2.47 bits per heavy atom. The predicted molar refractivity (Wildman–Crippen MR) is 64.8 cm³/mol. The molecule has 0 aromatic heterocycles. The van der Waals surface area contributed by atoms with E-state index in [0.29, 0.717) is 5.56 Å². The van der Waals surface area contributed by atoms with Crippen molar-refractivity contribution in [3.63, 3.8) is 0 Å². The van der Waals surface area contributed by atoms with Gasteiger partial charge in [0.15, 0.2) is 11.6 Å². The number of ether oxygens (including phenoxy) is 1. The number of rotatable bonds is 1. The molecular weight excluding hydrogens is 252 g/mol. The van der Waals surface area contributed by atoms with Crippen molar-refractivity contribution >= 4 is 11.6 Å². The number of carbonyl (C=O) groups is 1. The molecule has 1 atom stereocenters. The van der Waals surface area contributed by atoms with Gasteiger partial charge in [-0.25, -0.2) is 8.78 Å². The van der Waals surface area contributed by atoms with Crippen LogP contribution in [0.5, 0.6) is 5.75 Å². The largest absolute Gasteiger partial charge is 0.474 e. The van der Waals surface area contributed by atoms with Crippen molar-refractivity contribution in [2.75, 3.05) is 5.32 Å². The molecule has 96 valence electrons. The van der Waals surface area contributed by atoms with Gasteiger partial charge in [-0.3, -0.25) is 4.79 Å².